The van der Waals surface area contributed by atoms with Crippen molar-refractivity contribution >= 4 is 32.3 Å². The van der Waals surface area contributed by atoms with Gasteiger partial charge in [-0.25, -0.2) is 9.97 Å². The van der Waals surface area contributed by atoms with Crippen molar-refractivity contribution in [3.63, 3.8) is 0 Å². The Morgan fingerprint density at radius 3 is 1.53 bits per heavy atom. The van der Waals surface area contributed by atoms with Crippen LogP contribution < -0.4 is 0 Å². The van der Waals surface area contributed by atoms with E-state index >= 15 is 0 Å². The summed E-state index contributed by atoms with van der Waals surface area (Å²) in [4.78, 5) is 15.1. The lowest BCUT2D eigenvalue weighted by atomic mass is 9.87. The third-order valence-corrected chi connectivity index (χ3v) is 11.5. The van der Waals surface area contributed by atoms with Gasteiger partial charge in [0, 0.05) is 34.1 Å². The predicted molar refractivity (Wildman–Crippen MR) is 246 cm³/mol. The Morgan fingerprint density at radius 1 is 0.322 bits per heavy atom. The van der Waals surface area contributed by atoms with Crippen LogP contribution in [0.4, 0.5) is 0 Å². The van der Waals surface area contributed by atoms with Gasteiger partial charge in [0.25, 0.3) is 0 Å². The molecule has 0 saturated carbocycles. The topological polar surface area (TPSA) is 38.7 Å². The molecular formula is C56H37N3. The maximum Gasteiger partial charge on any atom is 0.160 e. The summed E-state index contributed by atoms with van der Waals surface area (Å²) in [6.07, 6.45) is 1.95. The minimum absolute atomic E-state index is 0.685. The number of hydrogen-bond acceptors (Lipinski definition) is 3. The van der Waals surface area contributed by atoms with Gasteiger partial charge in [-0.2, -0.15) is 0 Å². The van der Waals surface area contributed by atoms with Crippen LogP contribution >= 0.6 is 0 Å². The van der Waals surface area contributed by atoms with Crippen LogP contribution in [0.3, 0.4) is 0 Å². The molecule has 0 fully saturated rings. The summed E-state index contributed by atoms with van der Waals surface area (Å²) in [6.45, 7) is 2.02. The number of pyridine rings is 1. The fourth-order valence-corrected chi connectivity index (χ4v) is 8.54. The van der Waals surface area contributed by atoms with Gasteiger partial charge in [0.15, 0.2) is 5.82 Å². The SMILES string of the molecule is Cc1ccc(-c2cccc(-c3ccc(-c4cc(-c5nc(-c6ccccc6)cc(-c6ccccc6)n5)cc(-c5cc6cccc7ccc8cccc5c8c76)c4)cc3)c2)cn1. The second-order valence-corrected chi connectivity index (χ2v) is 15.3. The van der Waals surface area contributed by atoms with Gasteiger partial charge in [-0.15, -0.1) is 0 Å². The fourth-order valence-electron chi connectivity index (χ4n) is 8.54. The normalized spacial score (nSPS) is 11.5. The molecule has 3 nitrogen and oxygen atoms in total. The molecule has 276 valence electrons. The molecule has 9 aromatic carbocycles. The van der Waals surface area contributed by atoms with Crippen molar-refractivity contribution in [2.45, 2.75) is 6.92 Å². The second-order valence-electron chi connectivity index (χ2n) is 15.3. The van der Waals surface area contributed by atoms with Crippen LogP contribution in [0.1, 0.15) is 5.69 Å². The largest absolute Gasteiger partial charge is 0.261 e. The summed E-state index contributed by atoms with van der Waals surface area (Å²) in [5.74, 6) is 0.685. The molecule has 0 atom stereocenters. The summed E-state index contributed by atoms with van der Waals surface area (Å²) in [5.41, 5.74) is 15.0. The van der Waals surface area contributed by atoms with Crippen LogP contribution in [0, 0.1) is 6.92 Å². The molecule has 11 aromatic rings. The minimum atomic E-state index is 0.685. The van der Waals surface area contributed by atoms with Crippen LogP contribution in [0.5, 0.6) is 0 Å². The fraction of sp³-hybridized carbons (Fsp3) is 0.0179. The molecule has 0 radical (unpaired) electrons. The molecule has 0 aliphatic carbocycles. The van der Waals surface area contributed by atoms with Crippen molar-refractivity contribution in [2.75, 3.05) is 0 Å². The Labute approximate surface area is 343 Å². The molecule has 0 bridgehead atoms. The second kappa shape index (κ2) is 14.3. The van der Waals surface area contributed by atoms with Gasteiger partial charge in [0.1, 0.15) is 0 Å². The summed E-state index contributed by atoms with van der Waals surface area (Å²) >= 11 is 0. The van der Waals surface area contributed by atoms with Gasteiger partial charge in [0.2, 0.25) is 0 Å². The van der Waals surface area contributed by atoms with Gasteiger partial charge < -0.3 is 0 Å². The first kappa shape index (κ1) is 34.5. The lowest BCUT2D eigenvalue weighted by Gasteiger charge is -2.17. The van der Waals surface area contributed by atoms with Gasteiger partial charge in [-0.05, 0) is 121 Å². The van der Waals surface area contributed by atoms with Gasteiger partial charge >= 0.3 is 0 Å². The zero-order chi connectivity index (χ0) is 39.3. The molecule has 0 aliphatic heterocycles. The monoisotopic (exact) mass is 751 g/mol. The summed E-state index contributed by atoms with van der Waals surface area (Å²) in [7, 11) is 0. The van der Waals surface area contributed by atoms with Crippen molar-refractivity contribution in [1.82, 2.24) is 15.0 Å². The van der Waals surface area contributed by atoms with E-state index in [0.29, 0.717) is 5.82 Å². The lowest BCUT2D eigenvalue weighted by Crippen LogP contribution is -1.97. The van der Waals surface area contributed by atoms with E-state index in [0.717, 1.165) is 72.7 Å². The average Bonchev–Trinajstić information content (AvgIpc) is 3.31. The van der Waals surface area contributed by atoms with Crippen molar-refractivity contribution in [1.29, 1.82) is 0 Å². The van der Waals surface area contributed by atoms with Crippen LogP contribution in [0.15, 0.2) is 206 Å². The first-order chi connectivity index (χ1) is 29.1. The third-order valence-electron chi connectivity index (χ3n) is 11.5. The smallest absolute Gasteiger partial charge is 0.160 e. The third kappa shape index (κ3) is 6.40. The Bertz CT molecular complexity index is 3240. The van der Waals surface area contributed by atoms with Crippen molar-refractivity contribution < 1.29 is 0 Å². The van der Waals surface area contributed by atoms with E-state index in [2.05, 4.69) is 193 Å². The van der Waals surface area contributed by atoms with E-state index in [1.807, 2.05) is 25.3 Å². The van der Waals surface area contributed by atoms with Crippen molar-refractivity contribution in [2.24, 2.45) is 0 Å². The highest BCUT2D eigenvalue weighted by Crippen LogP contribution is 2.42. The number of benzene rings is 9. The highest BCUT2D eigenvalue weighted by atomic mass is 14.9. The van der Waals surface area contributed by atoms with Crippen molar-refractivity contribution in [3.8, 4) is 78.4 Å². The Kier molecular flexibility index (Phi) is 8.37. The highest BCUT2D eigenvalue weighted by Gasteiger charge is 2.17. The molecule has 0 spiro atoms. The summed E-state index contributed by atoms with van der Waals surface area (Å²) in [6, 6.07) is 71.7. The van der Waals surface area contributed by atoms with Crippen LogP contribution in [-0.4, -0.2) is 15.0 Å². The molecule has 3 heteroatoms. The Balaban J connectivity index is 1.10. The average molecular weight is 752 g/mol. The molecule has 0 N–H and O–H groups in total. The zero-order valence-corrected chi connectivity index (χ0v) is 32.5. The molecule has 2 aromatic heterocycles. The number of rotatable bonds is 7. The maximum absolute atomic E-state index is 5.28. The number of hydrogen-bond donors (Lipinski definition) is 0. The Hall–Kier alpha value is -7.75. The predicted octanol–water partition coefficient (Wildman–Crippen LogP) is 14.7. The number of aromatic nitrogens is 3. The molecule has 0 amide bonds. The molecule has 59 heavy (non-hydrogen) atoms. The Morgan fingerprint density at radius 2 is 0.847 bits per heavy atom. The maximum atomic E-state index is 5.28. The van der Waals surface area contributed by atoms with E-state index < -0.39 is 0 Å². The van der Waals surface area contributed by atoms with E-state index in [4.69, 9.17) is 9.97 Å². The standard InChI is InChI=1S/C56H37N3/c1-36-21-22-46(35-57-36)44-18-9-17-43(29-44)37-23-25-38(26-24-37)47-30-48(51-33-45-19-8-15-41-27-28-42-16-10-20-50(51)55(42)54(41)45)32-49(31-47)56-58-52(39-11-4-2-5-12-39)34-53(59-56)40-13-6-3-7-14-40/h2-35H,1H3. The van der Waals surface area contributed by atoms with E-state index in [1.54, 1.807) is 0 Å². The molecule has 2 heterocycles. The zero-order valence-electron chi connectivity index (χ0n) is 32.5. The van der Waals surface area contributed by atoms with Crippen LogP contribution in [0.25, 0.3) is 111 Å². The van der Waals surface area contributed by atoms with Crippen molar-refractivity contribution in [3.05, 3.63) is 212 Å². The lowest BCUT2D eigenvalue weighted by molar-refractivity contribution is 1.18. The molecule has 0 saturated heterocycles. The first-order valence-electron chi connectivity index (χ1n) is 20.1. The molecular weight excluding hydrogens is 715 g/mol. The van der Waals surface area contributed by atoms with E-state index in [9.17, 15) is 0 Å². The quantitative estimate of drug-likeness (QED) is 0.152. The number of aryl methyl sites for hydroxylation is 1. The van der Waals surface area contributed by atoms with E-state index in [-0.39, 0.29) is 0 Å². The molecule has 11 rings (SSSR count). The number of nitrogens with zero attached hydrogens (tertiary/aromatic N) is 3. The molecule has 0 aliphatic rings. The van der Waals surface area contributed by atoms with Gasteiger partial charge in [-0.3, -0.25) is 4.98 Å². The highest BCUT2D eigenvalue weighted by molar-refractivity contribution is 6.26. The summed E-state index contributed by atoms with van der Waals surface area (Å²) in [5, 5.41) is 7.58. The minimum Gasteiger partial charge on any atom is -0.261 e. The summed E-state index contributed by atoms with van der Waals surface area (Å²) < 4.78 is 0. The van der Waals surface area contributed by atoms with Crippen LogP contribution in [0.2, 0.25) is 0 Å². The van der Waals surface area contributed by atoms with E-state index in [1.165, 1.54) is 37.9 Å². The van der Waals surface area contributed by atoms with Crippen LogP contribution in [-0.2, 0) is 0 Å². The first-order valence-corrected chi connectivity index (χ1v) is 20.1. The van der Waals surface area contributed by atoms with Gasteiger partial charge in [-0.1, -0.05) is 158 Å². The van der Waals surface area contributed by atoms with Gasteiger partial charge in [0.05, 0.1) is 11.4 Å². The molecule has 0 unspecified atom stereocenters.